The SMILES string of the molecule is Cc1nc2nc(n1)NC(=O)CCC(=O)Nc1nc(C)nc(n1)NC(=O)CCC(=O)N2. The summed E-state index contributed by atoms with van der Waals surface area (Å²) >= 11 is 0. The first-order valence-electron chi connectivity index (χ1n) is 8.91. The summed E-state index contributed by atoms with van der Waals surface area (Å²) in [5, 5.41) is 9.79. The molecule has 156 valence electrons. The highest BCUT2D eigenvalue weighted by Gasteiger charge is 2.16. The normalized spacial score (nSPS) is 15.8. The van der Waals surface area contributed by atoms with Crippen LogP contribution in [0.5, 0.6) is 0 Å². The molecule has 0 saturated heterocycles. The Balaban J connectivity index is 1.83. The standard InChI is InChI=1S/C16H18N10O4/c1-7-17-13-21-9(27)3-5-11(29)23-15-19-8(2)20-16(26-15)24-12(30)6-4-10(28)22-14(18-7)25-13/h3-6H2,1-2H3,(H2,17,18,21,22,25,27,28)(H2,19,20,23,24,26,29,30). The molecule has 30 heavy (non-hydrogen) atoms. The molecule has 0 radical (unpaired) electrons. The van der Waals surface area contributed by atoms with Gasteiger partial charge in [0.15, 0.2) is 0 Å². The van der Waals surface area contributed by atoms with E-state index in [2.05, 4.69) is 51.2 Å². The molecule has 0 atom stereocenters. The van der Waals surface area contributed by atoms with Crippen LogP contribution in [0.2, 0.25) is 0 Å². The quantitative estimate of drug-likeness (QED) is 0.444. The predicted molar refractivity (Wildman–Crippen MR) is 102 cm³/mol. The molecule has 0 spiro atoms. The molecular formula is C16H18N10O4. The van der Waals surface area contributed by atoms with Crippen molar-refractivity contribution in [3.05, 3.63) is 11.6 Å². The fraction of sp³-hybridized carbons (Fsp3) is 0.375. The van der Waals surface area contributed by atoms with Gasteiger partial charge >= 0.3 is 0 Å². The molecular weight excluding hydrogens is 396 g/mol. The smallest absolute Gasteiger partial charge is 0.234 e. The fourth-order valence-electron chi connectivity index (χ4n) is 2.39. The number of nitrogens with zero attached hydrogens (tertiary/aromatic N) is 6. The number of hydrogen-bond donors (Lipinski definition) is 4. The Morgan fingerprint density at radius 1 is 0.467 bits per heavy atom. The minimum atomic E-state index is -0.506. The average Bonchev–Trinajstić information content (AvgIpc) is 2.63. The molecule has 0 aliphatic carbocycles. The van der Waals surface area contributed by atoms with Gasteiger partial charge in [0, 0.05) is 25.7 Å². The minimum absolute atomic E-state index is 0.0696. The van der Waals surface area contributed by atoms with Crippen LogP contribution in [0.15, 0.2) is 0 Å². The average molecular weight is 414 g/mol. The first-order valence-corrected chi connectivity index (χ1v) is 8.91. The predicted octanol–water partition coefficient (Wildman–Crippen LogP) is -0.298. The Morgan fingerprint density at radius 2 is 0.700 bits per heavy atom. The lowest BCUT2D eigenvalue weighted by Crippen LogP contribution is -2.23. The molecule has 2 aromatic heterocycles. The molecule has 4 N–H and O–H groups in total. The second-order valence-electron chi connectivity index (χ2n) is 6.25. The molecule has 0 unspecified atom stereocenters. The second-order valence-corrected chi connectivity index (χ2v) is 6.25. The summed E-state index contributed by atoms with van der Waals surface area (Å²) in [6.07, 6.45) is -0.643. The maximum Gasteiger partial charge on any atom is 0.234 e. The van der Waals surface area contributed by atoms with Gasteiger partial charge in [-0.2, -0.15) is 29.9 Å². The molecule has 4 amide bonds. The third-order valence-electron chi connectivity index (χ3n) is 3.66. The lowest BCUT2D eigenvalue weighted by Gasteiger charge is -2.10. The van der Waals surface area contributed by atoms with Crippen molar-refractivity contribution in [1.29, 1.82) is 0 Å². The Kier molecular flexibility index (Phi) is 6.14. The fourth-order valence-corrected chi connectivity index (χ4v) is 2.39. The Hall–Kier alpha value is -4.10. The summed E-state index contributed by atoms with van der Waals surface area (Å²) < 4.78 is 0. The number of anilines is 4. The summed E-state index contributed by atoms with van der Waals surface area (Å²) in [4.78, 5) is 72.2. The molecule has 0 fully saturated rings. The van der Waals surface area contributed by atoms with E-state index in [4.69, 9.17) is 0 Å². The first kappa shape index (κ1) is 20.6. The van der Waals surface area contributed by atoms with E-state index >= 15 is 0 Å². The Morgan fingerprint density at radius 3 is 0.933 bits per heavy atom. The van der Waals surface area contributed by atoms with E-state index in [9.17, 15) is 19.2 Å². The molecule has 1 aliphatic heterocycles. The summed E-state index contributed by atoms with van der Waals surface area (Å²) in [6, 6.07) is 0. The van der Waals surface area contributed by atoms with Crippen LogP contribution in [0.4, 0.5) is 23.8 Å². The molecule has 3 heterocycles. The zero-order chi connectivity index (χ0) is 21.7. The van der Waals surface area contributed by atoms with Crippen LogP contribution < -0.4 is 21.3 Å². The van der Waals surface area contributed by atoms with Gasteiger partial charge in [0.1, 0.15) is 11.6 Å². The van der Waals surface area contributed by atoms with E-state index in [0.717, 1.165) is 0 Å². The number of aryl methyl sites for hydroxylation is 2. The van der Waals surface area contributed by atoms with E-state index in [-0.39, 0.29) is 61.1 Å². The lowest BCUT2D eigenvalue weighted by atomic mass is 10.3. The monoisotopic (exact) mass is 414 g/mol. The summed E-state index contributed by atoms with van der Waals surface area (Å²) in [6.45, 7) is 3.12. The van der Waals surface area contributed by atoms with Crippen molar-refractivity contribution >= 4 is 47.4 Å². The van der Waals surface area contributed by atoms with Crippen LogP contribution >= 0.6 is 0 Å². The molecule has 0 saturated carbocycles. The number of rotatable bonds is 0. The van der Waals surface area contributed by atoms with Gasteiger partial charge in [-0.15, -0.1) is 0 Å². The number of carbonyl (C=O) groups excluding carboxylic acids is 4. The van der Waals surface area contributed by atoms with Crippen LogP contribution in [0.25, 0.3) is 0 Å². The van der Waals surface area contributed by atoms with Crippen LogP contribution in [-0.4, -0.2) is 53.5 Å². The topological polar surface area (TPSA) is 194 Å². The third kappa shape index (κ3) is 5.95. The molecule has 14 heteroatoms. The van der Waals surface area contributed by atoms with Gasteiger partial charge in [0.05, 0.1) is 0 Å². The molecule has 1 aliphatic rings. The van der Waals surface area contributed by atoms with Crippen molar-refractivity contribution in [1.82, 2.24) is 29.9 Å². The van der Waals surface area contributed by atoms with Crippen LogP contribution in [0, 0.1) is 13.8 Å². The van der Waals surface area contributed by atoms with Crippen molar-refractivity contribution in [2.24, 2.45) is 0 Å². The largest absolute Gasteiger partial charge is 0.294 e. The van der Waals surface area contributed by atoms with Gasteiger partial charge in [0.25, 0.3) is 0 Å². The summed E-state index contributed by atoms with van der Waals surface area (Å²) in [5.41, 5.74) is 0. The van der Waals surface area contributed by atoms with Gasteiger partial charge in [-0.3, -0.25) is 40.4 Å². The number of nitrogens with one attached hydrogen (secondary N) is 4. The zero-order valence-corrected chi connectivity index (χ0v) is 16.1. The van der Waals surface area contributed by atoms with Gasteiger partial charge in [0.2, 0.25) is 47.4 Å². The highest BCUT2D eigenvalue weighted by Crippen LogP contribution is 2.10. The lowest BCUT2D eigenvalue weighted by molar-refractivity contribution is -0.121. The van der Waals surface area contributed by atoms with E-state index in [1.165, 1.54) is 0 Å². The highest BCUT2D eigenvalue weighted by atomic mass is 16.2. The van der Waals surface area contributed by atoms with Gasteiger partial charge in [-0.1, -0.05) is 0 Å². The van der Waals surface area contributed by atoms with Gasteiger partial charge < -0.3 is 0 Å². The van der Waals surface area contributed by atoms with Crippen LogP contribution in [0.3, 0.4) is 0 Å². The summed E-state index contributed by atoms with van der Waals surface area (Å²) in [7, 11) is 0. The molecule has 4 bridgehead atoms. The summed E-state index contributed by atoms with van der Waals surface area (Å²) in [5.74, 6) is -1.78. The van der Waals surface area contributed by atoms with Gasteiger partial charge in [-0.05, 0) is 13.8 Å². The third-order valence-corrected chi connectivity index (χ3v) is 3.66. The molecule has 3 rings (SSSR count). The number of aromatic nitrogens is 6. The second kappa shape index (κ2) is 8.93. The van der Waals surface area contributed by atoms with E-state index in [0.29, 0.717) is 0 Å². The van der Waals surface area contributed by atoms with Crippen molar-refractivity contribution in [3.63, 3.8) is 0 Å². The molecule has 14 nitrogen and oxygen atoms in total. The number of carbonyl (C=O) groups is 4. The maximum absolute atomic E-state index is 12.1. The number of hydrogen-bond acceptors (Lipinski definition) is 10. The van der Waals surface area contributed by atoms with Crippen LogP contribution in [-0.2, 0) is 19.2 Å². The maximum atomic E-state index is 12.1. The molecule has 2 aromatic rings. The zero-order valence-electron chi connectivity index (χ0n) is 16.1. The van der Waals surface area contributed by atoms with Crippen molar-refractivity contribution in [2.75, 3.05) is 21.3 Å². The highest BCUT2D eigenvalue weighted by molar-refractivity contribution is 5.97. The van der Waals surface area contributed by atoms with Crippen molar-refractivity contribution in [2.45, 2.75) is 39.5 Å². The minimum Gasteiger partial charge on any atom is -0.294 e. The Bertz CT molecular complexity index is 871. The van der Waals surface area contributed by atoms with Crippen molar-refractivity contribution in [3.8, 4) is 0 Å². The van der Waals surface area contributed by atoms with Gasteiger partial charge in [-0.25, -0.2) is 0 Å². The van der Waals surface area contributed by atoms with Crippen molar-refractivity contribution < 1.29 is 19.2 Å². The Labute approximate surface area is 169 Å². The van der Waals surface area contributed by atoms with E-state index < -0.39 is 23.6 Å². The van der Waals surface area contributed by atoms with E-state index in [1.54, 1.807) is 13.8 Å². The number of fused-ring (bicyclic) bond motifs is 4. The first-order chi connectivity index (χ1) is 14.3. The van der Waals surface area contributed by atoms with E-state index in [1.807, 2.05) is 0 Å². The number of amides is 4. The molecule has 0 aromatic carbocycles. The van der Waals surface area contributed by atoms with Crippen LogP contribution in [0.1, 0.15) is 37.3 Å².